The van der Waals surface area contributed by atoms with Crippen LogP contribution in [0.3, 0.4) is 0 Å². The summed E-state index contributed by atoms with van der Waals surface area (Å²) in [6.45, 7) is 1.21. The van der Waals surface area contributed by atoms with Gasteiger partial charge in [0.2, 0.25) is 0 Å². The molecule has 0 aromatic heterocycles. The maximum atomic E-state index is 13.7. The van der Waals surface area contributed by atoms with Gasteiger partial charge in [-0.1, -0.05) is 27.6 Å². The molecule has 1 saturated heterocycles. The maximum Gasteiger partial charge on any atom is 0.343 e. The summed E-state index contributed by atoms with van der Waals surface area (Å²) < 4.78 is 6.17. The van der Waals surface area contributed by atoms with E-state index in [-0.39, 0.29) is 22.6 Å². The minimum absolute atomic E-state index is 0.0432. The van der Waals surface area contributed by atoms with Gasteiger partial charge in [-0.05, 0) is 80.4 Å². The van der Waals surface area contributed by atoms with Gasteiger partial charge < -0.3 is 4.74 Å². The SMILES string of the molecule is CC1=CC[C@H]2C(=O)N(N(CC(=O)c3ccc(OC(=O)c4ccc(Br)cc4)cc3)C(=O)c3ccc([N+](=O)[O-])cc3)C(=O)[C@H]2C1. The first-order chi connectivity index (χ1) is 20.5. The highest BCUT2D eigenvalue weighted by atomic mass is 79.9. The van der Waals surface area contributed by atoms with Gasteiger partial charge in [0.15, 0.2) is 5.78 Å². The van der Waals surface area contributed by atoms with Crippen LogP contribution in [0.25, 0.3) is 0 Å². The Hall–Kier alpha value is -4.97. The number of carbonyl (C=O) groups is 5. The second-order valence-electron chi connectivity index (χ2n) is 10.2. The van der Waals surface area contributed by atoms with Crippen LogP contribution in [0.2, 0.25) is 0 Å². The molecule has 3 aromatic rings. The van der Waals surface area contributed by atoms with Crippen molar-refractivity contribution in [2.45, 2.75) is 19.8 Å². The Kier molecular flexibility index (Phi) is 8.31. The molecular formula is C31H24BrN3O8. The van der Waals surface area contributed by atoms with E-state index in [4.69, 9.17) is 4.74 Å². The largest absolute Gasteiger partial charge is 0.423 e. The van der Waals surface area contributed by atoms with Crippen molar-refractivity contribution in [3.8, 4) is 5.75 Å². The molecule has 0 bridgehead atoms. The summed E-state index contributed by atoms with van der Waals surface area (Å²) in [5.74, 6) is -4.32. The lowest BCUT2D eigenvalue weighted by molar-refractivity contribution is -0.384. The van der Waals surface area contributed by atoms with Crippen molar-refractivity contribution < 1.29 is 33.6 Å². The van der Waals surface area contributed by atoms with E-state index in [0.29, 0.717) is 18.4 Å². The number of amides is 3. The minimum atomic E-state index is -0.840. The third-order valence-corrected chi connectivity index (χ3v) is 7.89. The average Bonchev–Trinajstić information content (AvgIpc) is 3.24. The van der Waals surface area contributed by atoms with E-state index in [0.717, 1.165) is 32.2 Å². The molecular weight excluding hydrogens is 622 g/mol. The van der Waals surface area contributed by atoms with Gasteiger partial charge >= 0.3 is 5.97 Å². The first kappa shape index (κ1) is 29.5. The lowest BCUT2D eigenvalue weighted by Gasteiger charge is -2.30. The van der Waals surface area contributed by atoms with Crippen LogP contribution < -0.4 is 4.74 Å². The number of ether oxygens (including phenoxy) is 1. The number of halogens is 1. The molecule has 218 valence electrons. The summed E-state index contributed by atoms with van der Waals surface area (Å²) in [7, 11) is 0. The number of Topliss-reactive ketones (excluding diaryl/α,β-unsaturated/α-hetero) is 1. The summed E-state index contributed by atoms with van der Waals surface area (Å²) in [6.07, 6.45) is 2.58. The highest BCUT2D eigenvalue weighted by Crippen LogP contribution is 2.38. The van der Waals surface area contributed by atoms with Gasteiger partial charge in [-0.2, -0.15) is 5.01 Å². The van der Waals surface area contributed by atoms with E-state index in [2.05, 4.69) is 15.9 Å². The molecule has 11 nitrogen and oxygen atoms in total. The van der Waals surface area contributed by atoms with E-state index >= 15 is 0 Å². The summed E-state index contributed by atoms with van der Waals surface area (Å²) >= 11 is 3.30. The summed E-state index contributed by atoms with van der Waals surface area (Å²) in [5.41, 5.74) is 1.13. The standard InChI is InChI=1S/C31H24BrN3O8/c1-18-2-15-25-26(16-18)30(39)34(29(25)38)33(28(37)20-5-11-23(12-6-20)35(41)42)17-27(36)19-7-13-24(14-8-19)43-31(40)21-3-9-22(32)10-4-21/h2-14,25-26H,15-17H2,1H3/t25-,26+/m1/s1. The molecule has 1 heterocycles. The van der Waals surface area contributed by atoms with Crippen LogP contribution in [0.15, 0.2) is 88.9 Å². The number of esters is 1. The fourth-order valence-electron chi connectivity index (χ4n) is 5.05. The molecule has 0 spiro atoms. The van der Waals surface area contributed by atoms with Crippen LogP contribution >= 0.6 is 15.9 Å². The van der Waals surface area contributed by atoms with Crippen LogP contribution in [0, 0.1) is 22.0 Å². The Morgan fingerprint density at radius 2 is 1.49 bits per heavy atom. The van der Waals surface area contributed by atoms with Crippen molar-refractivity contribution in [2.24, 2.45) is 11.8 Å². The Morgan fingerprint density at radius 1 is 0.907 bits per heavy atom. The topological polar surface area (TPSA) is 144 Å². The fourth-order valence-corrected chi connectivity index (χ4v) is 5.32. The number of nitro benzene ring substituents is 1. The smallest absolute Gasteiger partial charge is 0.343 e. The molecule has 0 N–H and O–H groups in total. The number of hydrazine groups is 1. The average molecular weight is 646 g/mol. The molecule has 2 aliphatic rings. The van der Waals surface area contributed by atoms with E-state index in [9.17, 15) is 34.1 Å². The van der Waals surface area contributed by atoms with Gasteiger partial charge in [0.1, 0.15) is 12.3 Å². The number of ketones is 1. The van der Waals surface area contributed by atoms with E-state index < -0.39 is 52.8 Å². The zero-order valence-corrected chi connectivity index (χ0v) is 24.4. The first-order valence-electron chi connectivity index (χ1n) is 13.2. The monoisotopic (exact) mass is 645 g/mol. The van der Waals surface area contributed by atoms with Crippen LogP contribution in [-0.4, -0.2) is 51.0 Å². The molecule has 2 atom stereocenters. The van der Waals surface area contributed by atoms with Crippen molar-refractivity contribution in [1.82, 2.24) is 10.0 Å². The second kappa shape index (κ2) is 12.1. The highest BCUT2D eigenvalue weighted by molar-refractivity contribution is 9.10. The van der Waals surface area contributed by atoms with Crippen LogP contribution in [0.1, 0.15) is 50.8 Å². The molecule has 43 heavy (non-hydrogen) atoms. The van der Waals surface area contributed by atoms with E-state index in [1.165, 1.54) is 36.4 Å². The van der Waals surface area contributed by atoms with Crippen LogP contribution in [0.4, 0.5) is 5.69 Å². The van der Waals surface area contributed by atoms with Gasteiger partial charge in [-0.3, -0.25) is 29.3 Å². The fraction of sp³-hybridized carbons (Fsp3) is 0.194. The first-order valence-corrected chi connectivity index (χ1v) is 14.0. The number of hydrogen-bond donors (Lipinski definition) is 0. The Labute approximate surface area is 254 Å². The van der Waals surface area contributed by atoms with Crippen LogP contribution in [0.5, 0.6) is 5.75 Å². The van der Waals surface area contributed by atoms with Gasteiger partial charge in [-0.25, -0.2) is 9.80 Å². The Bertz CT molecular complexity index is 1670. The molecule has 0 unspecified atom stereocenters. The van der Waals surface area contributed by atoms with E-state index in [1.807, 2.05) is 13.0 Å². The van der Waals surface area contributed by atoms with Gasteiger partial charge in [0.05, 0.1) is 22.3 Å². The zero-order chi connectivity index (χ0) is 30.8. The van der Waals surface area contributed by atoms with Crippen molar-refractivity contribution in [3.05, 3.63) is 116 Å². The van der Waals surface area contributed by atoms with Gasteiger partial charge in [0, 0.05) is 27.7 Å². The predicted octanol–water partition coefficient (Wildman–Crippen LogP) is 5.16. The number of benzene rings is 3. The normalized spacial score (nSPS) is 17.6. The third-order valence-electron chi connectivity index (χ3n) is 7.36. The van der Waals surface area contributed by atoms with Crippen molar-refractivity contribution in [1.29, 1.82) is 0 Å². The quantitative estimate of drug-likeness (QED) is 0.0621. The molecule has 1 fully saturated rings. The number of allylic oxidation sites excluding steroid dienone is 2. The Morgan fingerprint density at radius 3 is 2.12 bits per heavy atom. The molecule has 1 aliphatic heterocycles. The molecule has 0 radical (unpaired) electrons. The summed E-state index contributed by atoms with van der Waals surface area (Å²) in [6, 6.07) is 16.9. The van der Waals surface area contributed by atoms with Gasteiger partial charge in [0.25, 0.3) is 23.4 Å². The molecule has 12 heteroatoms. The van der Waals surface area contributed by atoms with Gasteiger partial charge in [-0.15, -0.1) is 0 Å². The predicted molar refractivity (Wildman–Crippen MR) is 156 cm³/mol. The highest BCUT2D eigenvalue weighted by Gasteiger charge is 2.51. The number of nitrogens with zero attached hydrogens (tertiary/aromatic N) is 3. The minimum Gasteiger partial charge on any atom is -0.423 e. The van der Waals surface area contributed by atoms with E-state index in [1.54, 1.807) is 24.3 Å². The summed E-state index contributed by atoms with van der Waals surface area (Å²) in [4.78, 5) is 76.8. The number of fused-ring (bicyclic) bond motifs is 1. The van der Waals surface area contributed by atoms with Crippen LogP contribution in [-0.2, 0) is 9.59 Å². The number of carbonyl (C=O) groups excluding carboxylic acids is 5. The maximum absolute atomic E-state index is 13.7. The number of nitro groups is 1. The number of hydrogen-bond acceptors (Lipinski definition) is 8. The molecule has 5 rings (SSSR count). The van der Waals surface area contributed by atoms with Crippen molar-refractivity contribution in [3.63, 3.8) is 0 Å². The lowest BCUT2D eigenvalue weighted by Crippen LogP contribution is -2.52. The van der Waals surface area contributed by atoms with Crippen molar-refractivity contribution >= 4 is 51.1 Å². The zero-order valence-electron chi connectivity index (χ0n) is 22.8. The molecule has 3 aromatic carbocycles. The third kappa shape index (κ3) is 6.14. The number of non-ortho nitro benzene ring substituents is 1. The number of imide groups is 1. The summed E-state index contributed by atoms with van der Waals surface area (Å²) in [5, 5.41) is 12.6. The lowest BCUT2D eigenvalue weighted by atomic mass is 9.82. The second-order valence-corrected chi connectivity index (χ2v) is 11.1. The molecule has 1 aliphatic carbocycles. The molecule has 0 saturated carbocycles. The number of rotatable bonds is 8. The van der Waals surface area contributed by atoms with Crippen molar-refractivity contribution in [2.75, 3.05) is 6.54 Å². The molecule has 3 amide bonds. The Balaban J connectivity index is 1.38.